The van der Waals surface area contributed by atoms with Gasteiger partial charge in [0.25, 0.3) is 0 Å². The molecule has 0 aromatic rings. The van der Waals surface area contributed by atoms with Crippen molar-refractivity contribution in [3.63, 3.8) is 0 Å². The topological polar surface area (TPSA) is 0 Å². The van der Waals surface area contributed by atoms with Crippen LogP contribution >= 0.6 is 3.40 Å². The van der Waals surface area contributed by atoms with Crippen molar-refractivity contribution < 1.29 is 38.4 Å². The van der Waals surface area contributed by atoms with Crippen LogP contribution in [-0.2, 0) is 0 Å². The van der Waals surface area contributed by atoms with Crippen molar-refractivity contribution in [2.24, 2.45) is 0 Å². The van der Waals surface area contributed by atoms with E-state index in [4.69, 9.17) is 0 Å². The molecule has 0 saturated heterocycles. The summed E-state index contributed by atoms with van der Waals surface area (Å²) in [6.07, 6.45) is 5.76. The van der Waals surface area contributed by atoms with E-state index >= 15 is 0 Å². The second-order valence-electron chi connectivity index (χ2n) is 2.41. The van der Waals surface area contributed by atoms with Crippen LogP contribution in [0.3, 0.4) is 0 Å². The summed E-state index contributed by atoms with van der Waals surface area (Å²) < 4.78 is 1.33. The molecule has 2 heteroatoms. The molecule has 0 heterocycles. The molecular formula is C7H16PPr. The van der Waals surface area contributed by atoms with Crippen LogP contribution in [0, 0.1) is 38.4 Å². The van der Waals surface area contributed by atoms with Gasteiger partial charge < -0.3 is 0 Å². The molecule has 0 aliphatic heterocycles. The van der Waals surface area contributed by atoms with Crippen molar-refractivity contribution >= 4 is 3.40 Å². The summed E-state index contributed by atoms with van der Waals surface area (Å²) in [5.41, 5.74) is 1.11. The van der Waals surface area contributed by atoms with Crippen LogP contribution in [0.5, 0.6) is 0 Å². The number of unbranched alkanes of at least 4 members (excludes halogenated alkanes) is 1. The van der Waals surface area contributed by atoms with Crippen LogP contribution in [0.15, 0.2) is 0 Å². The van der Waals surface area contributed by atoms with Gasteiger partial charge in [0.15, 0.2) is 0 Å². The van der Waals surface area contributed by atoms with Gasteiger partial charge in [-0.1, -0.05) is 0 Å². The Morgan fingerprint density at radius 3 is 2.44 bits per heavy atom. The van der Waals surface area contributed by atoms with Crippen LogP contribution in [0.1, 0.15) is 39.5 Å². The van der Waals surface area contributed by atoms with Gasteiger partial charge in [0, 0.05) is 0 Å². The van der Waals surface area contributed by atoms with Gasteiger partial charge >= 0.3 is 87.0 Å². The molecule has 0 saturated carbocycles. The Bertz CT molecular complexity index is 52.9. The van der Waals surface area contributed by atoms with Gasteiger partial charge in [-0.15, -0.1) is 0 Å². The first-order chi connectivity index (χ1) is 4.35. The maximum atomic E-state index is 2.33. The van der Waals surface area contributed by atoms with Gasteiger partial charge in [-0.2, -0.15) is 0 Å². The normalized spacial score (nSPS) is 14.8. The number of rotatable bonds is 5. The Balaban J connectivity index is 3.09. The van der Waals surface area contributed by atoms with Crippen molar-refractivity contribution in [3.05, 3.63) is 0 Å². The van der Waals surface area contributed by atoms with Crippen molar-refractivity contribution in [1.82, 2.24) is 0 Å². The van der Waals surface area contributed by atoms with Gasteiger partial charge in [-0.3, -0.25) is 0 Å². The Kier molecular flexibility index (Phi) is 9.47. The Morgan fingerprint density at radius 1 is 1.44 bits per heavy atom. The summed E-state index contributed by atoms with van der Waals surface area (Å²) in [5.74, 6) is 0. The van der Waals surface area contributed by atoms with Crippen LogP contribution in [0.25, 0.3) is 0 Å². The monoisotopic (exact) mass is 272 g/mol. The zero-order chi connectivity index (χ0) is 7.11. The van der Waals surface area contributed by atoms with E-state index < -0.39 is 0 Å². The summed E-state index contributed by atoms with van der Waals surface area (Å²) in [5, 5.41) is 0. The molecule has 0 amide bonds. The first-order valence-electron chi connectivity index (χ1n) is 3.81. The molecule has 0 nitrogen and oxygen atoms in total. The van der Waals surface area contributed by atoms with Crippen LogP contribution in [-0.4, -0.2) is 5.66 Å². The van der Waals surface area contributed by atoms with E-state index in [0.717, 1.165) is 5.66 Å². The average molecular weight is 272 g/mol. The first-order valence-corrected chi connectivity index (χ1v) is 10.5. The molecule has 9 heavy (non-hydrogen) atoms. The molecule has 2 atom stereocenters. The zero-order valence-electron chi connectivity index (χ0n) is 6.48. The number of hydrogen-bond donors (Lipinski definition) is 0. The average Bonchev–Trinajstić information content (AvgIpc) is 1.91. The van der Waals surface area contributed by atoms with E-state index in [9.17, 15) is 0 Å². The van der Waals surface area contributed by atoms with E-state index in [-0.39, 0.29) is 0 Å². The van der Waals surface area contributed by atoms with Gasteiger partial charge in [-0.05, 0) is 0 Å². The third-order valence-corrected chi connectivity index (χ3v) is 7.34. The predicted octanol–water partition coefficient (Wildman–Crippen LogP) is 3.10. The molecule has 0 aromatic carbocycles. The van der Waals surface area contributed by atoms with Crippen molar-refractivity contribution in [2.75, 3.05) is 0 Å². The third-order valence-electron chi connectivity index (χ3n) is 1.63. The molecule has 0 aliphatic rings. The van der Waals surface area contributed by atoms with E-state index in [1.807, 2.05) is 0 Å². The van der Waals surface area contributed by atoms with Gasteiger partial charge in [0.1, 0.15) is 0 Å². The van der Waals surface area contributed by atoms with E-state index in [1.165, 1.54) is 67.5 Å². The standard InChI is InChI=1S/C7H16P.Pr/c1-3-5-6-7(8)4-2;/h7-8H,3-6H2,1-2H3;/q-1;+1. The fourth-order valence-electron chi connectivity index (χ4n) is 0.856. The minimum absolute atomic E-state index is 1.11. The molecule has 0 bridgehead atoms. The predicted molar refractivity (Wildman–Crippen MR) is 41.9 cm³/mol. The first kappa shape index (κ1) is 10.8. The minimum atomic E-state index is 1.11. The second-order valence-corrected chi connectivity index (χ2v) is 6.77. The molecule has 0 radical (unpaired) electrons. The molecule has 0 aliphatic carbocycles. The molecule has 0 N–H and O–H groups in total. The molecule has 0 fully saturated rings. The molecule has 0 spiro atoms. The third kappa shape index (κ3) is 6.20. The second kappa shape index (κ2) is 7.90. The summed E-state index contributed by atoms with van der Waals surface area (Å²) in [4.78, 5) is 0. The fourth-order valence-corrected chi connectivity index (χ4v) is 5.33. The van der Waals surface area contributed by atoms with Crippen molar-refractivity contribution in [3.8, 4) is 0 Å². The van der Waals surface area contributed by atoms with Gasteiger partial charge in [0.05, 0.1) is 0 Å². The Hall–Kier alpha value is 1.79. The van der Waals surface area contributed by atoms with E-state index in [2.05, 4.69) is 13.8 Å². The maximum absolute atomic E-state index is 2.33. The van der Waals surface area contributed by atoms with Gasteiger partial charge in [0.2, 0.25) is 0 Å². The molecule has 2 unspecified atom stereocenters. The summed E-state index contributed by atoms with van der Waals surface area (Å²) >= 11 is 1.25. The SMILES string of the molecule is CCCCC(CC)[PH][Pr]. The van der Waals surface area contributed by atoms with E-state index in [0.29, 0.717) is 0 Å². The summed E-state index contributed by atoms with van der Waals surface area (Å²) in [7, 11) is 0. The van der Waals surface area contributed by atoms with Crippen LogP contribution in [0.2, 0.25) is 0 Å². The Morgan fingerprint density at radius 2 is 2.11 bits per heavy atom. The summed E-state index contributed by atoms with van der Waals surface area (Å²) in [6.45, 7) is 4.61. The van der Waals surface area contributed by atoms with Crippen LogP contribution in [0.4, 0.5) is 0 Å². The van der Waals surface area contributed by atoms with Gasteiger partial charge in [-0.25, -0.2) is 0 Å². The van der Waals surface area contributed by atoms with Crippen molar-refractivity contribution in [1.29, 1.82) is 0 Å². The molecule has 52 valence electrons. The Labute approximate surface area is 86.0 Å². The molecule has 0 rings (SSSR count). The van der Waals surface area contributed by atoms with E-state index in [1.54, 1.807) is 0 Å². The number of hydrogen-bond acceptors (Lipinski definition) is 0. The molecule has 0 aromatic heterocycles. The quantitative estimate of drug-likeness (QED) is 0.675. The van der Waals surface area contributed by atoms with Crippen molar-refractivity contribution in [2.45, 2.75) is 45.2 Å². The summed E-state index contributed by atoms with van der Waals surface area (Å²) in [6, 6.07) is 0. The van der Waals surface area contributed by atoms with Crippen LogP contribution < -0.4 is 0 Å². The fraction of sp³-hybridized carbons (Fsp3) is 1.00. The molecular weight excluding hydrogens is 256 g/mol. The zero-order valence-corrected chi connectivity index (χ0v) is 11.2.